The second-order valence-electron chi connectivity index (χ2n) is 2.98. The van der Waals surface area contributed by atoms with Gasteiger partial charge in [0.1, 0.15) is 0 Å². The minimum absolute atomic E-state index is 0.656. The lowest BCUT2D eigenvalue weighted by atomic mass is 9.93. The van der Waals surface area contributed by atoms with Crippen molar-refractivity contribution in [1.29, 1.82) is 0 Å². The first-order valence-corrected chi connectivity index (χ1v) is 3.80. The lowest BCUT2D eigenvalue weighted by Gasteiger charge is -2.12. The minimum atomic E-state index is 0.656. The van der Waals surface area contributed by atoms with E-state index in [0.29, 0.717) is 11.8 Å². The molecule has 0 heterocycles. The van der Waals surface area contributed by atoms with Gasteiger partial charge in [-0.2, -0.15) is 0 Å². The third-order valence-electron chi connectivity index (χ3n) is 2.13. The molecular weight excluding hydrogens is 108 g/mol. The minimum Gasteiger partial charge on any atom is -0.0883 e. The Morgan fingerprint density at radius 1 is 1.56 bits per heavy atom. The molecule has 9 heavy (non-hydrogen) atoms. The van der Waals surface area contributed by atoms with Gasteiger partial charge in [0, 0.05) is 0 Å². The maximum Gasteiger partial charge on any atom is -0.0234 e. The molecule has 1 radical (unpaired) electrons. The van der Waals surface area contributed by atoms with Crippen molar-refractivity contribution < 1.29 is 0 Å². The van der Waals surface area contributed by atoms with Crippen LogP contribution in [-0.4, -0.2) is 0 Å². The van der Waals surface area contributed by atoms with Crippen LogP contribution in [0.5, 0.6) is 0 Å². The molecule has 0 heteroatoms. The summed E-state index contributed by atoms with van der Waals surface area (Å²) in [5.74, 6) is 1.36. The predicted molar refractivity (Wildman–Crippen MR) is 41.0 cm³/mol. The van der Waals surface area contributed by atoms with E-state index in [1.165, 1.54) is 19.3 Å². The van der Waals surface area contributed by atoms with Crippen LogP contribution in [0.15, 0.2) is 12.2 Å². The number of hydrogen-bond donors (Lipinski definition) is 0. The molecule has 0 aromatic heterocycles. The highest BCUT2D eigenvalue weighted by Crippen LogP contribution is 2.22. The number of hydrogen-bond acceptors (Lipinski definition) is 0. The highest BCUT2D eigenvalue weighted by molar-refractivity contribution is 4.93. The van der Waals surface area contributed by atoms with Crippen molar-refractivity contribution in [1.82, 2.24) is 0 Å². The normalized spacial score (nSPS) is 36.2. The Kier molecular flexibility index (Phi) is 2.32. The van der Waals surface area contributed by atoms with E-state index in [0.717, 1.165) is 0 Å². The molecule has 0 aromatic carbocycles. The SMILES string of the molecule is [CH2]C1CCCC=CC1C. The van der Waals surface area contributed by atoms with Gasteiger partial charge in [-0.1, -0.05) is 19.1 Å². The quantitative estimate of drug-likeness (QED) is 0.434. The van der Waals surface area contributed by atoms with Crippen LogP contribution in [0.2, 0.25) is 0 Å². The molecular formula is C9H15. The summed E-state index contributed by atoms with van der Waals surface area (Å²) in [4.78, 5) is 0. The Bertz CT molecular complexity index is 103. The molecule has 0 aliphatic heterocycles. The monoisotopic (exact) mass is 123 g/mol. The fraction of sp³-hybridized carbons (Fsp3) is 0.667. The molecule has 2 atom stereocenters. The van der Waals surface area contributed by atoms with Crippen LogP contribution in [0, 0.1) is 18.8 Å². The summed E-state index contributed by atoms with van der Waals surface area (Å²) in [6, 6.07) is 0. The molecule has 1 aliphatic rings. The molecule has 0 fully saturated rings. The summed E-state index contributed by atoms with van der Waals surface area (Å²) in [6.07, 6.45) is 8.47. The smallest absolute Gasteiger partial charge is 0.0234 e. The van der Waals surface area contributed by atoms with Gasteiger partial charge in [0.05, 0.1) is 0 Å². The van der Waals surface area contributed by atoms with E-state index in [1.807, 2.05) is 0 Å². The molecule has 0 amide bonds. The van der Waals surface area contributed by atoms with Gasteiger partial charge in [-0.15, -0.1) is 0 Å². The fourth-order valence-electron chi connectivity index (χ4n) is 1.23. The molecule has 1 rings (SSSR count). The van der Waals surface area contributed by atoms with Gasteiger partial charge in [0.25, 0.3) is 0 Å². The summed E-state index contributed by atoms with van der Waals surface area (Å²) in [7, 11) is 0. The van der Waals surface area contributed by atoms with Crippen molar-refractivity contribution >= 4 is 0 Å². The molecule has 0 nitrogen and oxygen atoms in total. The molecule has 0 N–H and O–H groups in total. The molecule has 51 valence electrons. The van der Waals surface area contributed by atoms with Crippen molar-refractivity contribution in [3.63, 3.8) is 0 Å². The lowest BCUT2D eigenvalue weighted by molar-refractivity contribution is 0.472. The standard InChI is InChI=1S/C9H15/c1-8-6-4-3-5-7-9(8)2/h5,7-9H,1,3-4,6H2,2H3. The molecule has 0 spiro atoms. The van der Waals surface area contributed by atoms with E-state index in [2.05, 4.69) is 26.0 Å². The molecule has 0 aromatic rings. The molecule has 0 bridgehead atoms. The lowest BCUT2D eigenvalue weighted by Crippen LogP contribution is -2.02. The zero-order valence-electron chi connectivity index (χ0n) is 6.14. The maximum atomic E-state index is 4.09. The van der Waals surface area contributed by atoms with Crippen LogP contribution in [-0.2, 0) is 0 Å². The summed E-state index contributed by atoms with van der Waals surface area (Å²) < 4.78 is 0. The van der Waals surface area contributed by atoms with Crippen molar-refractivity contribution in [2.75, 3.05) is 0 Å². The van der Waals surface area contributed by atoms with Crippen molar-refractivity contribution in [3.8, 4) is 0 Å². The van der Waals surface area contributed by atoms with Crippen molar-refractivity contribution in [3.05, 3.63) is 19.1 Å². The van der Waals surface area contributed by atoms with Gasteiger partial charge in [-0.25, -0.2) is 0 Å². The van der Waals surface area contributed by atoms with Gasteiger partial charge < -0.3 is 0 Å². The average molecular weight is 123 g/mol. The second kappa shape index (κ2) is 3.05. The molecule has 2 unspecified atom stereocenters. The van der Waals surface area contributed by atoms with E-state index in [4.69, 9.17) is 0 Å². The Morgan fingerprint density at radius 3 is 3.11 bits per heavy atom. The highest BCUT2D eigenvalue weighted by atomic mass is 14.2. The van der Waals surface area contributed by atoms with Crippen LogP contribution in [0.1, 0.15) is 26.2 Å². The van der Waals surface area contributed by atoms with Crippen LogP contribution in [0.4, 0.5) is 0 Å². The van der Waals surface area contributed by atoms with E-state index in [9.17, 15) is 0 Å². The largest absolute Gasteiger partial charge is 0.0883 e. The van der Waals surface area contributed by atoms with Crippen LogP contribution in [0.3, 0.4) is 0 Å². The summed E-state index contributed by atoms with van der Waals surface area (Å²) in [6.45, 7) is 6.34. The van der Waals surface area contributed by atoms with Gasteiger partial charge in [-0.05, 0) is 38.0 Å². The van der Waals surface area contributed by atoms with E-state index in [-0.39, 0.29) is 0 Å². The van der Waals surface area contributed by atoms with Crippen molar-refractivity contribution in [2.45, 2.75) is 26.2 Å². The highest BCUT2D eigenvalue weighted by Gasteiger charge is 2.10. The Hall–Kier alpha value is -0.260. The van der Waals surface area contributed by atoms with Gasteiger partial charge in [0.2, 0.25) is 0 Å². The van der Waals surface area contributed by atoms with Crippen LogP contribution >= 0.6 is 0 Å². The Morgan fingerprint density at radius 2 is 2.33 bits per heavy atom. The Labute approximate surface area is 58.0 Å². The second-order valence-corrected chi connectivity index (χ2v) is 2.98. The third-order valence-corrected chi connectivity index (χ3v) is 2.13. The zero-order valence-corrected chi connectivity index (χ0v) is 6.14. The van der Waals surface area contributed by atoms with E-state index < -0.39 is 0 Å². The van der Waals surface area contributed by atoms with Crippen molar-refractivity contribution in [2.24, 2.45) is 11.8 Å². The first-order valence-electron chi connectivity index (χ1n) is 3.80. The number of rotatable bonds is 0. The summed E-state index contributed by atoms with van der Waals surface area (Å²) >= 11 is 0. The molecule has 0 saturated heterocycles. The molecule has 1 aliphatic carbocycles. The van der Waals surface area contributed by atoms with Gasteiger partial charge >= 0.3 is 0 Å². The first kappa shape index (κ1) is 6.85. The van der Waals surface area contributed by atoms with Gasteiger partial charge in [-0.3, -0.25) is 0 Å². The molecule has 0 saturated carbocycles. The number of allylic oxidation sites excluding steroid dienone is 2. The predicted octanol–water partition coefficient (Wildman–Crippen LogP) is 2.81. The van der Waals surface area contributed by atoms with Crippen LogP contribution in [0.25, 0.3) is 0 Å². The zero-order chi connectivity index (χ0) is 6.69. The topological polar surface area (TPSA) is 0 Å². The van der Waals surface area contributed by atoms with E-state index in [1.54, 1.807) is 0 Å². The Balaban J connectivity index is 2.46. The van der Waals surface area contributed by atoms with Crippen LogP contribution < -0.4 is 0 Å². The third kappa shape index (κ3) is 1.85. The first-order chi connectivity index (χ1) is 4.30. The van der Waals surface area contributed by atoms with E-state index >= 15 is 0 Å². The summed E-state index contributed by atoms with van der Waals surface area (Å²) in [5, 5.41) is 0. The van der Waals surface area contributed by atoms with Gasteiger partial charge in [0.15, 0.2) is 0 Å². The summed E-state index contributed by atoms with van der Waals surface area (Å²) in [5.41, 5.74) is 0. The maximum absolute atomic E-state index is 4.09. The fourth-order valence-corrected chi connectivity index (χ4v) is 1.23. The average Bonchev–Trinajstić information content (AvgIpc) is 1.99.